The third-order valence-corrected chi connectivity index (χ3v) is 4.21. The molecule has 0 saturated heterocycles. The Morgan fingerprint density at radius 3 is 1.92 bits per heavy atom. The molecule has 0 aromatic heterocycles. The second-order valence-electron chi connectivity index (χ2n) is 6.11. The van der Waals surface area contributed by atoms with Crippen LogP contribution in [0.25, 0.3) is 11.1 Å². The molecule has 0 radical (unpaired) electrons. The number of ether oxygens (including phenoxy) is 1. The molecule has 0 heterocycles. The molecule has 0 fully saturated rings. The number of hydrogen-bond acceptors (Lipinski definition) is 2. The zero-order valence-electron chi connectivity index (χ0n) is 14.7. The van der Waals surface area contributed by atoms with E-state index in [1.807, 2.05) is 18.2 Å². The summed E-state index contributed by atoms with van der Waals surface area (Å²) in [5.74, 6) is 0.973. The summed E-state index contributed by atoms with van der Waals surface area (Å²) in [5.41, 5.74) is 12.7. The molecular formula is C22H24ClNO. The van der Waals surface area contributed by atoms with E-state index in [9.17, 15) is 0 Å². The van der Waals surface area contributed by atoms with Gasteiger partial charge in [-0.1, -0.05) is 54.6 Å². The van der Waals surface area contributed by atoms with Gasteiger partial charge in [0.25, 0.3) is 0 Å². The number of aryl methyl sites for hydroxylation is 2. The normalized spacial score (nSPS) is 10.2. The Kier molecular flexibility index (Phi) is 6.63. The number of nitrogens with two attached hydrogens (primary N) is 1. The predicted molar refractivity (Wildman–Crippen MR) is 107 cm³/mol. The fourth-order valence-corrected chi connectivity index (χ4v) is 2.91. The highest BCUT2D eigenvalue weighted by molar-refractivity contribution is 5.85. The monoisotopic (exact) mass is 353 g/mol. The lowest BCUT2D eigenvalue weighted by atomic mass is 9.99. The molecule has 0 unspecified atom stereocenters. The molecule has 0 aliphatic heterocycles. The molecule has 0 amide bonds. The van der Waals surface area contributed by atoms with Crippen LogP contribution in [0.2, 0.25) is 0 Å². The minimum absolute atomic E-state index is 0. The highest BCUT2D eigenvalue weighted by Crippen LogP contribution is 2.30. The van der Waals surface area contributed by atoms with Gasteiger partial charge in [-0.25, -0.2) is 0 Å². The van der Waals surface area contributed by atoms with Gasteiger partial charge in [-0.15, -0.1) is 12.4 Å². The van der Waals surface area contributed by atoms with Crippen LogP contribution in [0, 0.1) is 13.8 Å². The summed E-state index contributed by atoms with van der Waals surface area (Å²) in [6.07, 6.45) is 0. The van der Waals surface area contributed by atoms with E-state index in [1.54, 1.807) is 0 Å². The molecule has 3 rings (SSSR count). The van der Waals surface area contributed by atoms with Gasteiger partial charge in [0.05, 0.1) is 0 Å². The van der Waals surface area contributed by atoms with E-state index in [-0.39, 0.29) is 12.4 Å². The van der Waals surface area contributed by atoms with Crippen molar-refractivity contribution in [3.8, 4) is 16.9 Å². The van der Waals surface area contributed by atoms with Crippen LogP contribution in [0.3, 0.4) is 0 Å². The van der Waals surface area contributed by atoms with Crippen molar-refractivity contribution in [2.75, 3.05) is 0 Å². The van der Waals surface area contributed by atoms with E-state index in [4.69, 9.17) is 10.5 Å². The van der Waals surface area contributed by atoms with E-state index >= 15 is 0 Å². The van der Waals surface area contributed by atoms with Crippen LogP contribution >= 0.6 is 12.4 Å². The zero-order chi connectivity index (χ0) is 16.9. The lowest BCUT2D eigenvalue weighted by Gasteiger charge is -2.14. The summed E-state index contributed by atoms with van der Waals surface area (Å²) in [5, 5.41) is 0. The van der Waals surface area contributed by atoms with Gasteiger partial charge >= 0.3 is 0 Å². The Hall–Kier alpha value is -2.29. The van der Waals surface area contributed by atoms with Crippen molar-refractivity contribution in [2.45, 2.75) is 27.0 Å². The van der Waals surface area contributed by atoms with Crippen molar-refractivity contribution in [1.82, 2.24) is 0 Å². The van der Waals surface area contributed by atoms with Crippen molar-refractivity contribution < 1.29 is 4.74 Å². The molecule has 0 spiro atoms. The molecule has 25 heavy (non-hydrogen) atoms. The van der Waals surface area contributed by atoms with E-state index in [1.165, 1.54) is 16.7 Å². The van der Waals surface area contributed by atoms with Crippen molar-refractivity contribution in [3.63, 3.8) is 0 Å². The van der Waals surface area contributed by atoms with Crippen LogP contribution in [0.5, 0.6) is 5.75 Å². The van der Waals surface area contributed by atoms with E-state index < -0.39 is 0 Å². The second-order valence-corrected chi connectivity index (χ2v) is 6.11. The molecular weight excluding hydrogens is 330 g/mol. The summed E-state index contributed by atoms with van der Waals surface area (Å²) < 4.78 is 6.06. The molecule has 3 aromatic carbocycles. The van der Waals surface area contributed by atoms with Gasteiger partial charge in [0.15, 0.2) is 0 Å². The van der Waals surface area contributed by atoms with Crippen molar-refractivity contribution >= 4 is 12.4 Å². The third kappa shape index (κ3) is 4.62. The van der Waals surface area contributed by atoms with Crippen molar-refractivity contribution in [3.05, 3.63) is 89.0 Å². The minimum Gasteiger partial charge on any atom is -0.488 e. The largest absolute Gasteiger partial charge is 0.488 e. The Bertz CT molecular complexity index is 790. The maximum Gasteiger partial charge on any atom is 0.125 e. The molecule has 0 bridgehead atoms. The number of benzene rings is 3. The highest BCUT2D eigenvalue weighted by atomic mass is 35.5. The highest BCUT2D eigenvalue weighted by Gasteiger charge is 2.08. The Morgan fingerprint density at radius 2 is 1.36 bits per heavy atom. The number of hydrogen-bond donors (Lipinski definition) is 1. The van der Waals surface area contributed by atoms with Gasteiger partial charge in [-0.2, -0.15) is 0 Å². The molecule has 130 valence electrons. The van der Waals surface area contributed by atoms with E-state index in [2.05, 4.69) is 62.4 Å². The van der Waals surface area contributed by atoms with Crippen LogP contribution in [0.1, 0.15) is 22.3 Å². The SMILES string of the molecule is Cc1cc(-c2ccc(CN)cc2)cc(C)c1OCc1ccccc1.Cl. The second kappa shape index (κ2) is 8.70. The lowest BCUT2D eigenvalue weighted by molar-refractivity contribution is 0.302. The average molecular weight is 354 g/mol. The number of rotatable bonds is 5. The summed E-state index contributed by atoms with van der Waals surface area (Å²) in [6, 6.07) is 23.0. The summed E-state index contributed by atoms with van der Waals surface area (Å²) in [7, 11) is 0. The Balaban J connectivity index is 0.00000225. The lowest BCUT2D eigenvalue weighted by Crippen LogP contribution is -1.99. The molecule has 2 N–H and O–H groups in total. The Morgan fingerprint density at radius 1 is 0.760 bits per heavy atom. The van der Waals surface area contributed by atoms with Crippen LogP contribution in [0.4, 0.5) is 0 Å². The molecule has 0 atom stereocenters. The first kappa shape index (κ1) is 19.0. The summed E-state index contributed by atoms with van der Waals surface area (Å²) in [6.45, 7) is 5.37. The number of halogens is 1. The molecule has 3 aromatic rings. The molecule has 3 heteroatoms. The van der Waals surface area contributed by atoms with Crippen molar-refractivity contribution in [1.29, 1.82) is 0 Å². The van der Waals surface area contributed by atoms with Gasteiger partial charge in [0, 0.05) is 6.54 Å². The first-order valence-electron chi connectivity index (χ1n) is 8.24. The van der Waals surface area contributed by atoms with Gasteiger partial charge in [-0.05, 0) is 59.4 Å². The minimum atomic E-state index is 0. The molecule has 0 aliphatic carbocycles. The van der Waals surface area contributed by atoms with Gasteiger partial charge in [0.2, 0.25) is 0 Å². The van der Waals surface area contributed by atoms with Gasteiger partial charge in [-0.3, -0.25) is 0 Å². The first-order valence-corrected chi connectivity index (χ1v) is 8.24. The average Bonchev–Trinajstić information content (AvgIpc) is 2.62. The standard InChI is InChI=1S/C22H23NO.ClH/c1-16-12-21(20-10-8-18(14-23)9-11-20)13-17(2)22(16)24-15-19-6-4-3-5-7-19;/h3-13H,14-15,23H2,1-2H3;1H. The Labute approximate surface area is 156 Å². The van der Waals surface area contributed by atoms with Gasteiger partial charge in [0.1, 0.15) is 12.4 Å². The fourth-order valence-electron chi connectivity index (χ4n) is 2.91. The van der Waals surface area contributed by atoms with E-state index in [0.717, 1.165) is 22.4 Å². The topological polar surface area (TPSA) is 35.2 Å². The van der Waals surface area contributed by atoms with Crippen molar-refractivity contribution in [2.24, 2.45) is 5.73 Å². The van der Waals surface area contributed by atoms with Crippen LogP contribution in [-0.4, -0.2) is 0 Å². The third-order valence-electron chi connectivity index (χ3n) is 4.21. The predicted octanol–water partition coefficient (Wildman–Crippen LogP) is 5.43. The van der Waals surface area contributed by atoms with Crippen LogP contribution in [-0.2, 0) is 13.2 Å². The zero-order valence-corrected chi connectivity index (χ0v) is 15.5. The van der Waals surface area contributed by atoms with Crippen LogP contribution in [0.15, 0.2) is 66.7 Å². The first-order chi connectivity index (χ1) is 11.7. The van der Waals surface area contributed by atoms with Gasteiger partial charge < -0.3 is 10.5 Å². The molecule has 2 nitrogen and oxygen atoms in total. The van der Waals surface area contributed by atoms with E-state index in [0.29, 0.717) is 13.2 Å². The fraction of sp³-hybridized carbons (Fsp3) is 0.182. The van der Waals surface area contributed by atoms with Crippen LogP contribution < -0.4 is 10.5 Å². The summed E-state index contributed by atoms with van der Waals surface area (Å²) >= 11 is 0. The molecule has 0 saturated carbocycles. The maximum absolute atomic E-state index is 6.06. The summed E-state index contributed by atoms with van der Waals surface area (Å²) in [4.78, 5) is 0. The molecule has 0 aliphatic rings. The maximum atomic E-state index is 6.06. The smallest absolute Gasteiger partial charge is 0.125 e. The quantitative estimate of drug-likeness (QED) is 0.663.